The second-order valence-electron chi connectivity index (χ2n) is 5.21. The van der Waals surface area contributed by atoms with Gasteiger partial charge in [0, 0.05) is 39.8 Å². The number of carbonyl (C=O) groups is 1. The van der Waals surface area contributed by atoms with Gasteiger partial charge in [0.2, 0.25) is 0 Å². The summed E-state index contributed by atoms with van der Waals surface area (Å²) in [6.07, 6.45) is 0.537. The van der Waals surface area contributed by atoms with Gasteiger partial charge in [0.05, 0.1) is 6.10 Å². The molecule has 1 aromatic rings. The number of hydrogen-bond donors (Lipinski definition) is 2. The third-order valence-corrected chi connectivity index (χ3v) is 3.75. The molecule has 0 aromatic carbocycles. The Hall–Kier alpha value is -1.73. The van der Waals surface area contributed by atoms with Gasteiger partial charge >= 0.3 is 0 Å². The predicted octanol–water partition coefficient (Wildman–Crippen LogP) is -0.271. The average Bonchev–Trinajstić information content (AvgIpc) is 2.55. The van der Waals surface area contributed by atoms with Crippen molar-refractivity contribution in [3.63, 3.8) is 0 Å². The van der Waals surface area contributed by atoms with Crippen molar-refractivity contribution in [1.82, 2.24) is 20.4 Å². The van der Waals surface area contributed by atoms with Crippen LogP contribution in [-0.4, -0.2) is 72.0 Å². The van der Waals surface area contributed by atoms with Gasteiger partial charge < -0.3 is 15.3 Å². The average molecular weight is 293 g/mol. The van der Waals surface area contributed by atoms with E-state index in [9.17, 15) is 9.90 Å². The zero-order valence-corrected chi connectivity index (χ0v) is 12.6. The number of carbonyl (C=O) groups excluding carboxylic acids is 1. The van der Waals surface area contributed by atoms with Crippen molar-refractivity contribution in [3.8, 4) is 0 Å². The van der Waals surface area contributed by atoms with Crippen molar-refractivity contribution in [1.29, 1.82) is 0 Å². The van der Waals surface area contributed by atoms with E-state index in [1.807, 2.05) is 13.0 Å². The summed E-state index contributed by atoms with van der Waals surface area (Å²) in [5, 5.41) is 20.3. The molecule has 1 atom stereocenters. The summed E-state index contributed by atoms with van der Waals surface area (Å²) in [5.41, 5.74) is 0.325. The van der Waals surface area contributed by atoms with Crippen LogP contribution in [0.3, 0.4) is 0 Å². The van der Waals surface area contributed by atoms with Gasteiger partial charge in [0.15, 0.2) is 11.5 Å². The van der Waals surface area contributed by atoms with E-state index in [1.54, 1.807) is 13.1 Å². The van der Waals surface area contributed by atoms with E-state index in [-0.39, 0.29) is 12.0 Å². The van der Waals surface area contributed by atoms with Gasteiger partial charge in [-0.25, -0.2) is 0 Å². The molecule has 1 aliphatic rings. The van der Waals surface area contributed by atoms with E-state index in [2.05, 4.69) is 25.3 Å². The maximum absolute atomic E-state index is 11.4. The first-order chi connectivity index (χ1) is 10.1. The van der Waals surface area contributed by atoms with Crippen LogP contribution >= 0.6 is 0 Å². The van der Waals surface area contributed by atoms with Crippen molar-refractivity contribution in [2.45, 2.75) is 19.4 Å². The molecule has 2 N–H and O–H groups in total. The first-order valence-corrected chi connectivity index (χ1v) is 7.35. The van der Waals surface area contributed by atoms with E-state index in [1.165, 1.54) is 0 Å². The minimum atomic E-state index is -0.247. The van der Waals surface area contributed by atoms with E-state index in [4.69, 9.17) is 0 Å². The molecule has 1 fully saturated rings. The lowest BCUT2D eigenvalue weighted by Gasteiger charge is -2.35. The fraction of sp³-hybridized carbons (Fsp3) is 0.643. The molecule has 1 unspecified atom stereocenters. The van der Waals surface area contributed by atoms with Crippen LogP contribution in [0.1, 0.15) is 23.8 Å². The van der Waals surface area contributed by atoms with Crippen LogP contribution in [0, 0.1) is 0 Å². The first kappa shape index (κ1) is 15.7. The summed E-state index contributed by atoms with van der Waals surface area (Å²) < 4.78 is 0. The van der Waals surface area contributed by atoms with Crippen LogP contribution in [0.2, 0.25) is 0 Å². The smallest absolute Gasteiger partial charge is 0.271 e. The molecule has 7 nitrogen and oxygen atoms in total. The monoisotopic (exact) mass is 293 g/mol. The number of piperazine rings is 1. The normalized spacial score (nSPS) is 17.6. The van der Waals surface area contributed by atoms with Crippen LogP contribution in [0.4, 0.5) is 5.82 Å². The van der Waals surface area contributed by atoms with Gasteiger partial charge in [-0.1, -0.05) is 6.92 Å². The van der Waals surface area contributed by atoms with Crippen LogP contribution in [0.5, 0.6) is 0 Å². The van der Waals surface area contributed by atoms with Gasteiger partial charge in [-0.3, -0.25) is 9.69 Å². The van der Waals surface area contributed by atoms with Gasteiger partial charge in [-0.05, 0) is 18.6 Å². The molecule has 1 amide bonds. The molecule has 2 heterocycles. The van der Waals surface area contributed by atoms with Gasteiger partial charge in [0.1, 0.15) is 0 Å². The molecule has 21 heavy (non-hydrogen) atoms. The number of β-amino-alcohol motifs (C(OH)–C–C–N with tert-alkyl or cyclic N) is 1. The van der Waals surface area contributed by atoms with Gasteiger partial charge in [-0.15, -0.1) is 10.2 Å². The van der Waals surface area contributed by atoms with Crippen LogP contribution in [0.25, 0.3) is 0 Å². The Morgan fingerprint density at radius 3 is 2.57 bits per heavy atom. The minimum absolute atomic E-state index is 0.229. The zero-order valence-electron chi connectivity index (χ0n) is 12.6. The summed E-state index contributed by atoms with van der Waals surface area (Å²) in [6, 6.07) is 3.52. The number of aliphatic hydroxyl groups excluding tert-OH is 1. The third-order valence-electron chi connectivity index (χ3n) is 3.75. The Kier molecular flexibility index (Phi) is 5.46. The Morgan fingerprint density at radius 2 is 2.05 bits per heavy atom. The van der Waals surface area contributed by atoms with Crippen molar-refractivity contribution < 1.29 is 9.90 Å². The highest BCUT2D eigenvalue weighted by molar-refractivity contribution is 5.91. The summed E-state index contributed by atoms with van der Waals surface area (Å²) in [7, 11) is 1.57. The maximum Gasteiger partial charge on any atom is 0.271 e. The largest absolute Gasteiger partial charge is 0.392 e. The number of aliphatic hydroxyl groups is 1. The van der Waals surface area contributed by atoms with Crippen LogP contribution in [0.15, 0.2) is 12.1 Å². The van der Waals surface area contributed by atoms with E-state index in [0.717, 1.165) is 45.0 Å². The molecule has 116 valence electrons. The Morgan fingerprint density at radius 1 is 1.33 bits per heavy atom. The van der Waals surface area contributed by atoms with Crippen molar-refractivity contribution in [3.05, 3.63) is 17.8 Å². The molecular formula is C14H23N5O2. The Bertz CT molecular complexity index is 457. The van der Waals surface area contributed by atoms with Gasteiger partial charge in [-0.2, -0.15) is 0 Å². The number of anilines is 1. The summed E-state index contributed by atoms with van der Waals surface area (Å²) in [5.74, 6) is 0.561. The number of rotatable bonds is 5. The quantitative estimate of drug-likeness (QED) is 0.778. The molecule has 0 bridgehead atoms. The number of hydrogen-bond acceptors (Lipinski definition) is 6. The molecule has 0 saturated carbocycles. The van der Waals surface area contributed by atoms with E-state index >= 15 is 0 Å². The zero-order chi connectivity index (χ0) is 15.2. The SMILES string of the molecule is CCC(O)CN1CCN(c2ccc(C(=O)NC)nn2)CC1. The van der Waals surface area contributed by atoms with Crippen molar-refractivity contribution >= 4 is 11.7 Å². The summed E-state index contributed by atoms with van der Waals surface area (Å²) >= 11 is 0. The Balaban J connectivity index is 1.88. The number of nitrogens with zero attached hydrogens (tertiary/aromatic N) is 4. The summed E-state index contributed by atoms with van der Waals surface area (Å²) in [6.45, 7) is 6.22. The van der Waals surface area contributed by atoms with Gasteiger partial charge in [0.25, 0.3) is 5.91 Å². The molecule has 0 spiro atoms. The predicted molar refractivity (Wildman–Crippen MR) is 80.4 cm³/mol. The summed E-state index contributed by atoms with van der Waals surface area (Å²) in [4.78, 5) is 15.8. The topological polar surface area (TPSA) is 81.6 Å². The molecule has 1 aromatic heterocycles. The lowest BCUT2D eigenvalue weighted by Crippen LogP contribution is -2.48. The Labute approximate surface area is 125 Å². The number of amides is 1. The lowest BCUT2D eigenvalue weighted by molar-refractivity contribution is 0.0957. The molecule has 0 aliphatic carbocycles. The maximum atomic E-state index is 11.4. The third kappa shape index (κ3) is 4.12. The molecular weight excluding hydrogens is 270 g/mol. The highest BCUT2D eigenvalue weighted by Crippen LogP contribution is 2.13. The van der Waals surface area contributed by atoms with Crippen molar-refractivity contribution in [2.75, 3.05) is 44.7 Å². The highest BCUT2D eigenvalue weighted by atomic mass is 16.3. The van der Waals surface area contributed by atoms with Crippen LogP contribution in [-0.2, 0) is 0 Å². The number of aromatic nitrogens is 2. The highest BCUT2D eigenvalue weighted by Gasteiger charge is 2.20. The van der Waals surface area contributed by atoms with Crippen LogP contribution < -0.4 is 10.2 Å². The molecule has 2 rings (SSSR count). The molecule has 0 radical (unpaired) electrons. The molecule has 7 heteroatoms. The second kappa shape index (κ2) is 7.33. The fourth-order valence-electron chi connectivity index (χ4n) is 2.33. The second-order valence-corrected chi connectivity index (χ2v) is 5.21. The van der Waals surface area contributed by atoms with E-state index in [0.29, 0.717) is 5.69 Å². The first-order valence-electron chi connectivity index (χ1n) is 7.35. The number of nitrogens with one attached hydrogen (secondary N) is 1. The minimum Gasteiger partial charge on any atom is -0.392 e. The lowest BCUT2D eigenvalue weighted by atomic mass is 10.2. The fourth-order valence-corrected chi connectivity index (χ4v) is 2.33. The molecule has 1 saturated heterocycles. The van der Waals surface area contributed by atoms with E-state index < -0.39 is 0 Å². The molecule has 1 aliphatic heterocycles. The van der Waals surface area contributed by atoms with Crippen molar-refractivity contribution in [2.24, 2.45) is 0 Å². The standard InChI is InChI=1S/C14H23N5O2/c1-3-11(20)10-18-6-8-19(9-7-18)13-5-4-12(16-17-13)14(21)15-2/h4-5,11,20H,3,6-10H2,1-2H3,(H,15,21).